The van der Waals surface area contributed by atoms with E-state index in [1.165, 1.54) is 19.3 Å². The van der Waals surface area contributed by atoms with E-state index in [4.69, 9.17) is 9.84 Å². The number of benzene rings is 1. The van der Waals surface area contributed by atoms with E-state index in [0.717, 1.165) is 6.08 Å². The number of ether oxygens (including phenoxy) is 1. The monoisotopic (exact) mass is 194 g/mol. The van der Waals surface area contributed by atoms with Crippen LogP contribution < -0.4 is 4.74 Å². The van der Waals surface area contributed by atoms with Gasteiger partial charge in [-0.05, 0) is 18.2 Å². The molecule has 74 valence electrons. The number of aliphatic carboxylic acids is 1. The van der Waals surface area contributed by atoms with Crippen molar-refractivity contribution < 1.29 is 19.7 Å². The summed E-state index contributed by atoms with van der Waals surface area (Å²) in [6.07, 6.45) is 2.28. The standard InChI is InChI=1S/C10H10O4/c1-14-8-4-2-7(9(11)6-8)3-5-10(12)13/h2-6,11H,1H3,(H,12,13)/b5-3+. The minimum atomic E-state index is -1.06. The summed E-state index contributed by atoms with van der Waals surface area (Å²) in [7, 11) is 1.49. The van der Waals surface area contributed by atoms with Crippen LogP contribution in [0.15, 0.2) is 24.3 Å². The van der Waals surface area contributed by atoms with Gasteiger partial charge in [0.2, 0.25) is 0 Å². The fourth-order valence-electron chi connectivity index (χ4n) is 0.952. The highest BCUT2D eigenvalue weighted by molar-refractivity contribution is 5.85. The number of hydrogen-bond donors (Lipinski definition) is 2. The number of rotatable bonds is 3. The average Bonchev–Trinajstić information content (AvgIpc) is 2.15. The maximum absolute atomic E-state index is 10.2. The van der Waals surface area contributed by atoms with Gasteiger partial charge in [-0.2, -0.15) is 0 Å². The fraction of sp³-hybridized carbons (Fsp3) is 0.100. The molecule has 0 radical (unpaired) electrons. The first-order valence-corrected chi connectivity index (χ1v) is 3.91. The van der Waals surface area contributed by atoms with Crippen molar-refractivity contribution in [3.05, 3.63) is 29.8 Å². The molecule has 0 spiro atoms. The van der Waals surface area contributed by atoms with E-state index in [2.05, 4.69) is 0 Å². The molecule has 4 heteroatoms. The molecule has 14 heavy (non-hydrogen) atoms. The summed E-state index contributed by atoms with van der Waals surface area (Å²) in [4.78, 5) is 10.2. The van der Waals surface area contributed by atoms with E-state index >= 15 is 0 Å². The Morgan fingerprint density at radius 3 is 2.71 bits per heavy atom. The lowest BCUT2D eigenvalue weighted by Crippen LogP contribution is -1.86. The predicted molar refractivity (Wildman–Crippen MR) is 51.3 cm³/mol. The van der Waals surface area contributed by atoms with Crippen LogP contribution in [0.5, 0.6) is 11.5 Å². The number of methoxy groups -OCH3 is 1. The quantitative estimate of drug-likeness (QED) is 0.715. The molecule has 0 atom stereocenters. The lowest BCUT2D eigenvalue weighted by atomic mass is 10.2. The third kappa shape index (κ3) is 2.52. The third-order valence-electron chi connectivity index (χ3n) is 1.64. The van der Waals surface area contributed by atoms with Crippen molar-refractivity contribution in [2.45, 2.75) is 0 Å². The van der Waals surface area contributed by atoms with Gasteiger partial charge in [-0.3, -0.25) is 0 Å². The highest BCUT2D eigenvalue weighted by atomic mass is 16.5. The molecule has 0 amide bonds. The Balaban J connectivity index is 2.94. The van der Waals surface area contributed by atoms with Gasteiger partial charge in [0.05, 0.1) is 7.11 Å². The Kier molecular flexibility index (Phi) is 3.12. The van der Waals surface area contributed by atoms with Crippen LogP contribution in [0.2, 0.25) is 0 Å². The molecule has 0 fully saturated rings. The van der Waals surface area contributed by atoms with Crippen LogP contribution >= 0.6 is 0 Å². The molecule has 2 N–H and O–H groups in total. The number of carboxylic acid groups (broad SMARTS) is 1. The van der Waals surface area contributed by atoms with Crippen LogP contribution in [0.4, 0.5) is 0 Å². The molecule has 0 aliphatic carbocycles. The van der Waals surface area contributed by atoms with Gasteiger partial charge in [-0.1, -0.05) is 0 Å². The summed E-state index contributed by atoms with van der Waals surface area (Å²) in [5, 5.41) is 17.8. The highest BCUT2D eigenvalue weighted by Gasteiger charge is 1.99. The van der Waals surface area contributed by atoms with E-state index in [0.29, 0.717) is 11.3 Å². The Bertz CT molecular complexity index is 368. The van der Waals surface area contributed by atoms with Gasteiger partial charge in [0.15, 0.2) is 0 Å². The Morgan fingerprint density at radius 1 is 1.50 bits per heavy atom. The van der Waals surface area contributed by atoms with Crippen LogP contribution in [-0.4, -0.2) is 23.3 Å². The molecule has 0 aliphatic heterocycles. The van der Waals surface area contributed by atoms with Crippen molar-refractivity contribution in [1.29, 1.82) is 0 Å². The van der Waals surface area contributed by atoms with Crippen LogP contribution in [0.25, 0.3) is 6.08 Å². The Labute approximate surface area is 81.1 Å². The summed E-state index contributed by atoms with van der Waals surface area (Å²) >= 11 is 0. The molecule has 1 rings (SSSR count). The fourth-order valence-corrected chi connectivity index (χ4v) is 0.952. The van der Waals surface area contributed by atoms with Gasteiger partial charge < -0.3 is 14.9 Å². The van der Waals surface area contributed by atoms with Gasteiger partial charge in [0, 0.05) is 17.7 Å². The summed E-state index contributed by atoms with van der Waals surface area (Å²) in [6.45, 7) is 0. The molecule has 0 aliphatic rings. The number of hydrogen-bond acceptors (Lipinski definition) is 3. The SMILES string of the molecule is COc1ccc(/C=C/C(=O)O)c(O)c1. The second-order valence-electron chi connectivity index (χ2n) is 2.60. The van der Waals surface area contributed by atoms with E-state index in [9.17, 15) is 9.90 Å². The zero-order chi connectivity index (χ0) is 10.6. The second kappa shape index (κ2) is 4.32. The number of carboxylic acids is 1. The Morgan fingerprint density at radius 2 is 2.21 bits per heavy atom. The topological polar surface area (TPSA) is 66.8 Å². The minimum Gasteiger partial charge on any atom is -0.507 e. The first kappa shape index (κ1) is 10.1. The first-order valence-electron chi connectivity index (χ1n) is 3.91. The van der Waals surface area contributed by atoms with Gasteiger partial charge in [-0.15, -0.1) is 0 Å². The van der Waals surface area contributed by atoms with Crippen LogP contribution in [0.3, 0.4) is 0 Å². The average molecular weight is 194 g/mol. The van der Waals surface area contributed by atoms with Crippen molar-refractivity contribution in [2.24, 2.45) is 0 Å². The summed E-state index contributed by atoms with van der Waals surface area (Å²) < 4.78 is 4.88. The highest BCUT2D eigenvalue weighted by Crippen LogP contribution is 2.24. The van der Waals surface area contributed by atoms with Gasteiger partial charge in [-0.25, -0.2) is 4.79 Å². The smallest absolute Gasteiger partial charge is 0.328 e. The molecule has 0 saturated heterocycles. The van der Waals surface area contributed by atoms with Crippen molar-refractivity contribution in [2.75, 3.05) is 7.11 Å². The Hall–Kier alpha value is -1.97. The van der Waals surface area contributed by atoms with Gasteiger partial charge >= 0.3 is 5.97 Å². The summed E-state index contributed by atoms with van der Waals surface area (Å²) in [6, 6.07) is 4.64. The zero-order valence-corrected chi connectivity index (χ0v) is 7.60. The minimum absolute atomic E-state index is 0.0122. The lowest BCUT2D eigenvalue weighted by molar-refractivity contribution is -0.131. The maximum Gasteiger partial charge on any atom is 0.328 e. The third-order valence-corrected chi connectivity index (χ3v) is 1.64. The number of phenols is 1. The van der Waals surface area contributed by atoms with Gasteiger partial charge in [0.1, 0.15) is 11.5 Å². The summed E-state index contributed by atoms with van der Waals surface area (Å²) in [5.74, 6) is -0.544. The lowest BCUT2D eigenvalue weighted by Gasteiger charge is -2.02. The van der Waals surface area contributed by atoms with Crippen molar-refractivity contribution in [3.8, 4) is 11.5 Å². The molecule has 0 heterocycles. The van der Waals surface area contributed by atoms with Gasteiger partial charge in [0.25, 0.3) is 0 Å². The van der Waals surface area contributed by atoms with Crippen molar-refractivity contribution >= 4 is 12.0 Å². The van der Waals surface area contributed by atoms with Crippen molar-refractivity contribution in [1.82, 2.24) is 0 Å². The maximum atomic E-state index is 10.2. The first-order chi connectivity index (χ1) is 6.63. The molecule has 4 nitrogen and oxygen atoms in total. The largest absolute Gasteiger partial charge is 0.507 e. The van der Waals surface area contributed by atoms with E-state index in [-0.39, 0.29) is 5.75 Å². The predicted octanol–water partition coefficient (Wildman–Crippen LogP) is 1.50. The number of carbonyl (C=O) groups is 1. The molecule has 0 saturated carbocycles. The van der Waals surface area contributed by atoms with E-state index in [1.807, 2.05) is 0 Å². The van der Waals surface area contributed by atoms with Crippen molar-refractivity contribution in [3.63, 3.8) is 0 Å². The summed E-state index contributed by atoms with van der Waals surface area (Å²) in [5.41, 5.74) is 0.438. The zero-order valence-electron chi connectivity index (χ0n) is 7.60. The van der Waals surface area contributed by atoms with E-state index < -0.39 is 5.97 Å². The van der Waals surface area contributed by atoms with E-state index in [1.54, 1.807) is 12.1 Å². The molecular weight excluding hydrogens is 184 g/mol. The molecule has 0 bridgehead atoms. The molecule has 1 aromatic carbocycles. The number of phenolic OH excluding ortho intramolecular Hbond substituents is 1. The molecule has 0 unspecified atom stereocenters. The van der Waals surface area contributed by atoms with Crippen LogP contribution in [0, 0.1) is 0 Å². The number of aromatic hydroxyl groups is 1. The molecular formula is C10H10O4. The normalized spacial score (nSPS) is 10.4. The molecule has 1 aromatic rings. The van der Waals surface area contributed by atoms with Crippen LogP contribution in [-0.2, 0) is 4.79 Å². The molecule has 0 aromatic heterocycles. The second-order valence-corrected chi connectivity index (χ2v) is 2.60. The van der Waals surface area contributed by atoms with Crippen LogP contribution in [0.1, 0.15) is 5.56 Å².